The number of halogens is 1. The molecule has 138 valence electrons. The van der Waals surface area contributed by atoms with E-state index in [0.29, 0.717) is 17.9 Å². The number of hydrogen-bond donors (Lipinski definition) is 1. The highest BCUT2D eigenvalue weighted by atomic mass is 79.9. The molecule has 0 bridgehead atoms. The van der Waals surface area contributed by atoms with Crippen LogP contribution >= 0.6 is 15.9 Å². The van der Waals surface area contributed by atoms with Gasteiger partial charge in [-0.1, -0.05) is 18.2 Å². The Hall–Kier alpha value is -2.05. The molecule has 1 aliphatic heterocycles. The van der Waals surface area contributed by atoms with Crippen LogP contribution in [0.4, 0.5) is 5.69 Å². The number of rotatable bonds is 5. The number of amides is 1. The third kappa shape index (κ3) is 4.37. The van der Waals surface area contributed by atoms with Gasteiger partial charge in [0, 0.05) is 42.9 Å². The molecule has 1 amide bonds. The van der Waals surface area contributed by atoms with Crippen LogP contribution in [0.3, 0.4) is 0 Å². The monoisotopic (exact) mass is 417 g/mol. The number of nitrogens with one attached hydrogen (secondary N) is 1. The van der Waals surface area contributed by atoms with Crippen molar-refractivity contribution in [3.63, 3.8) is 0 Å². The van der Waals surface area contributed by atoms with E-state index in [1.165, 1.54) is 5.69 Å². The number of piperazine rings is 1. The number of para-hydroxylation sites is 1. The molecule has 0 unspecified atom stereocenters. The van der Waals surface area contributed by atoms with Gasteiger partial charge in [-0.3, -0.25) is 4.79 Å². The lowest BCUT2D eigenvalue weighted by molar-refractivity contribution is 0.0950. The number of nitrogens with zero attached hydrogens (tertiary/aromatic N) is 2. The van der Waals surface area contributed by atoms with Crippen LogP contribution in [0.5, 0.6) is 5.75 Å². The number of hydrogen-bond acceptors (Lipinski definition) is 4. The second kappa shape index (κ2) is 8.56. The molecule has 0 atom stereocenters. The number of ether oxygens (including phenoxy) is 1. The molecular formula is C20H24BrN3O2. The summed E-state index contributed by atoms with van der Waals surface area (Å²) in [6, 6.07) is 13.7. The molecule has 1 saturated heterocycles. The predicted molar refractivity (Wildman–Crippen MR) is 108 cm³/mol. The van der Waals surface area contributed by atoms with Gasteiger partial charge in [0.25, 0.3) is 5.91 Å². The van der Waals surface area contributed by atoms with Crippen molar-refractivity contribution in [3.05, 3.63) is 58.1 Å². The first-order valence-electron chi connectivity index (χ1n) is 8.71. The van der Waals surface area contributed by atoms with E-state index in [-0.39, 0.29) is 5.91 Å². The standard InChI is InChI=1S/C20H24BrN3O2/c1-23-9-11-24(12-10-23)19-6-4-3-5-15(19)14-22-20(25)17-13-16(26-2)7-8-18(17)21/h3-8,13H,9-12,14H2,1-2H3,(H,22,25). The van der Waals surface area contributed by atoms with Crippen LogP contribution < -0.4 is 15.0 Å². The van der Waals surface area contributed by atoms with Crippen LogP contribution in [-0.2, 0) is 6.54 Å². The van der Waals surface area contributed by atoms with Gasteiger partial charge in [0.05, 0.1) is 12.7 Å². The first kappa shape index (κ1) is 18.7. The van der Waals surface area contributed by atoms with Gasteiger partial charge in [-0.05, 0) is 52.8 Å². The summed E-state index contributed by atoms with van der Waals surface area (Å²) in [7, 11) is 3.74. The molecule has 1 heterocycles. The number of likely N-dealkylation sites (N-methyl/N-ethyl adjacent to an activating group) is 1. The minimum Gasteiger partial charge on any atom is -0.497 e. The fourth-order valence-electron chi connectivity index (χ4n) is 3.09. The molecule has 0 radical (unpaired) electrons. The average Bonchev–Trinajstić information content (AvgIpc) is 2.67. The second-order valence-corrected chi connectivity index (χ2v) is 7.30. The summed E-state index contributed by atoms with van der Waals surface area (Å²) in [6.45, 7) is 4.60. The summed E-state index contributed by atoms with van der Waals surface area (Å²) < 4.78 is 5.97. The topological polar surface area (TPSA) is 44.8 Å². The number of anilines is 1. The Labute approximate surface area is 163 Å². The molecular weight excluding hydrogens is 394 g/mol. The van der Waals surface area contributed by atoms with Gasteiger partial charge < -0.3 is 19.9 Å². The lowest BCUT2D eigenvalue weighted by Gasteiger charge is -2.35. The maximum Gasteiger partial charge on any atom is 0.252 e. The van der Waals surface area contributed by atoms with Crippen molar-refractivity contribution in [2.75, 3.05) is 45.2 Å². The zero-order chi connectivity index (χ0) is 18.5. The van der Waals surface area contributed by atoms with E-state index in [0.717, 1.165) is 36.2 Å². The van der Waals surface area contributed by atoms with E-state index in [2.05, 4.69) is 56.3 Å². The van der Waals surface area contributed by atoms with Crippen LogP contribution in [0.15, 0.2) is 46.9 Å². The second-order valence-electron chi connectivity index (χ2n) is 6.45. The zero-order valence-corrected chi connectivity index (χ0v) is 16.8. The van der Waals surface area contributed by atoms with Crippen LogP contribution in [0, 0.1) is 0 Å². The van der Waals surface area contributed by atoms with Gasteiger partial charge in [0.2, 0.25) is 0 Å². The first-order chi connectivity index (χ1) is 12.6. The highest BCUT2D eigenvalue weighted by Crippen LogP contribution is 2.24. The average molecular weight is 418 g/mol. The van der Waals surface area contributed by atoms with Crippen LogP contribution in [0.25, 0.3) is 0 Å². The van der Waals surface area contributed by atoms with Gasteiger partial charge in [0.15, 0.2) is 0 Å². The Kier molecular flexibility index (Phi) is 6.16. The summed E-state index contributed by atoms with van der Waals surface area (Å²) in [6.07, 6.45) is 0. The fraction of sp³-hybridized carbons (Fsp3) is 0.350. The lowest BCUT2D eigenvalue weighted by Crippen LogP contribution is -2.45. The van der Waals surface area contributed by atoms with Gasteiger partial charge in [-0.25, -0.2) is 0 Å². The number of benzene rings is 2. The molecule has 5 nitrogen and oxygen atoms in total. The van der Waals surface area contributed by atoms with E-state index >= 15 is 0 Å². The van der Waals surface area contributed by atoms with Crippen molar-refractivity contribution in [1.82, 2.24) is 10.2 Å². The fourth-order valence-corrected chi connectivity index (χ4v) is 3.52. The Balaban J connectivity index is 1.71. The number of methoxy groups -OCH3 is 1. The van der Waals surface area contributed by atoms with E-state index in [9.17, 15) is 4.79 Å². The van der Waals surface area contributed by atoms with E-state index in [1.807, 2.05) is 18.2 Å². The highest BCUT2D eigenvalue weighted by molar-refractivity contribution is 9.10. The molecule has 0 aliphatic carbocycles. The zero-order valence-electron chi connectivity index (χ0n) is 15.2. The lowest BCUT2D eigenvalue weighted by atomic mass is 10.1. The SMILES string of the molecule is COc1ccc(Br)c(C(=O)NCc2ccccc2N2CCN(C)CC2)c1. The largest absolute Gasteiger partial charge is 0.497 e. The maximum atomic E-state index is 12.6. The van der Waals surface area contributed by atoms with E-state index in [4.69, 9.17) is 4.74 Å². The smallest absolute Gasteiger partial charge is 0.252 e. The van der Waals surface area contributed by atoms with Crippen molar-refractivity contribution in [2.45, 2.75) is 6.54 Å². The minimum atomic E-state index is -0.121. The molecule has 1 N–H and O–H groups in total. The molecule has 1 fully saturated rings. The number of carbonyl (C=O) groups excluding carboxylic acids is 1. The van der Waals surface area contributed by atoms with Gasteiger partial charge >= 0.3 is 0 Å². The molecule has 3 rings (SSSR count). The normalized spacial score (nSPS) is 15.0. The minimum absolute atomic E-state index is 0.121. The number of carbonyl (C=O) groups is 1. The molecule has 6 heteroatoms. The van der Waals surface area contributed by atoms with Crippen LogP contribution in [0.1, 0.15) is 15.9 Å². The molecule has 26 heavy (non-hydrogen) atoms. The third-order valence-electron chi connectivity index (χ3n) is 4.69. The molecule has 2 aromatic rings. The quantitative estimate of drug-likeness (QED) is 0.811. The molecule has 0 aromatic heterocycles. The van der Waals surface area contributed by atoms with Crippen LogP contribution in [-0.4, -0.2) is 51.1 Å². The maximum absolute atomic E-state index is 12.6. The third-order valence-corrected chi connectivity index (χ3v) is 5.38. The highest BCUT2D eigenvalue weighted by Gasteiger charge is 2.17. The van der Waals surface area contributed by atoms with E-state index < -0.39 is 0 Å². The summed E-state index contributed by atoms with van der Waals surface area (Å²) in [5, 5.41) is 3.03. The molecule has 1 aliphatic rings. The van der Waals surface area contributed by atoms with Gasteiger partial charge in [-0.15, -0.1) is 0 Å². The van der Waals surface area contributed by atoms with Crippen LogP contribution in [0.2, 0.25) is 0 Å². The van der Waals surface area contributed by atoms with Crippen molar-refractivity contribution in [2.24, 2.45) is 0 Å². The van der Waals surface area contributed by atoms with Gasteiger partial charge in [0.1, 0.15) is 5.75 Å². The van der Waals surface area contributed by atoms with Crippen molar-refractivity contribution in [3.8, 4) is 5.75 Å². The summed E-state index contributed by atoms with van der Waals surface area (Å²) >= 11 is 3.44. The Bertz CT molecular complexity index is 773. The predicted octanol–water partition coefficient (Wildman–Crippen LogP) is 3.14. The molecule has 2 aromatic carbocycles. The van der Waals surface area contributed by atoms with E-state index in [1.54, 1.807) is 13.2 Å². The molecule has 0 saturated carbocycles. The van der Waals surface area contributed by atoms with Crippen molar-refractivity contribution < 1.29 is 9.53 Å². The summed E-state index contributed by atoms with van der Waals surface area (Å²) in [5.41, 5.74) is 2.90. The van der Waals surface area contributed by atoms with Crippen molar-refractivity contribution in [1.29, 1.82) is 0 Å². The Morgan fingerprint density at radius 3 is 2.62 bits per heavy atom. The van der Waals surface area contributed by atoms with Crippen molar-refractivity contribution >= 4 is 27.5 Å². The Morgan fingerprint density at radius 2 is 1.88 bits per heavy atom. The van der Waals surface area contributed by atoms with Gasteiger partial charge in [-0.2, -0.15) is 0 Å². The summed E-state index contributed by atoms with van der Waals surface area (Å²) in [5.74, 6) is 0.542. The Morgan fingerprint density at radius 1 is 1.15 bits per heavy atom. The molecule has 0 spiro atoms. The summed E-state index contributed by atoms with van der Waals surface area (Å²) in [4.78, 5) is 17.3. The first-order valence-corrected chi connectivity index (χ1v) is 9.51.